The second-order valence-electron chi connectivity index (χ2n) is 6.31. The first-order valence-electron chi connectivity index (χ1n) is 8.56. The monoisotopic (exact) mass is 360 g/mol. The fraction of sp³-hybridized carbons (Fsp3) is 0.350. The Bertz CT molecular complexity index is 661. The highest BCUT2D eigenvalue weighted by Gasteiger charge is 2.31. The van der Waals surface area contributed by atoms with E-state index in [4.69, 9.17) is 10.5 Å². The molecular formula is C20H25ClN2O2. The van der Waals surface area contributed by atoms with E-state index in [9.17, 15) is 4.79 Å². The molecule has 1 fully saturated rings. The molecule has 5 heteroatoms. The van der Waals surface area contributed by atoms with Crippen molar-refractivity contribution in [1.82, 2.24) is 5.32 Å². The van der Waals surface area contributed by atoms with Crippen molar-refractivity contribution in [2.24, 2.45) is 17.6 Å². The molecule has 0 heterocycles. The predicted molar refractivity (Wildman–Crippen MR) is 102 cm³/mol. The van der Waals surface area contributed by atoms with E-state index in [0.717, 1.165) is 36.3 Å². The van der Waals surface area contributed by atoms with Crippen LogP contribution in [0.1, 0.15) is 24.8 Å². The lowest BCUT2D eigenvalue weighted by atomic mass is 9.95. The Hall–Kier alpha value is -2.04. The lowest BCUT2D eigenvalue weighted by Gasteiger charge is -2.17. The van der Waals surface area contributed by atoms with Gasteiger partial charge in [-0.15, -0.1) is 12.4 Å². The molecule has 3 rings (SSSR count). The van der Waals surface area contributed by atoms with Crippen molar-refractivity contribution in [3.8, 4) is 11.5 Å². The Labute approximate surface area is 155 Å². The first kappa shape index (κ1) is 19.3. The highest BCUT2D eigenvalue weighted by molar-refractivity contribution is 5.85. The molecule has 0 radical (unpaired) electrons. The summed E-state index contributed by atoms with van der Waals surface area (Å²) in [6.07, 6.45) is 3.13. The van der Waals surface area contributed by atoms with Crippen LogP contribution in [0, 0.1) is 11.8 Å². The number of amides is 1. The topological polar surface area (TPSA) is 64.4 Å². The number of nitrogens with one attached hydrogen (secondary N) is 1. The zero-order chi connectivity index (χ0) is 16.8. The SMILES string of the molecule is Cl.NC[C@H]1CCC[C@H]1C(=O)NCc1ccc(Oc2ccccc2)cc1. The Morgan fingerprint density at radius 3 is 2.40 bits per heavy atom. The number of para-hydroxylation sites is 1. The summed E-state index contributed by atoms with van der Waals surface area (Å²) < 4.78 is 5.77. The molecule has 0 unspecified atom stereocenters. The van der Waals surface area contributed by atoms with E-state index in [0.29, 0.717) is 19.0 Å². The maximum absolute atomic E-state index is 12.3. The molecular weight excluding hydrogens is 336 g/mol. The van der Waals surface area contributed by atoms with Crippen LogP contribution in [0.25, 0.3) is 0 Å². The normalized spacial score (nSPS) is 19.1. The van der Waals surface area contributed by atoms with E-state index in [1.807, 2.05) is 54.6 Å². The third-order valence-corrected chi connectivity index (χ3v) is 4.67. The van der Waals surface area contributed by atoms with Crippen LogP contribution in [0.3, 0.4) is 0 Å². The lowest BCUT2D eigenvalue weighted by Crippen LogP contribution is -2.34. The zero-order valence-electron chi connectivity index (χ0n) is 14.2. The number of halogens is 1. The third-order valence-electron chi connectivity index (χ3n) is 4.67. The van der Waals surface area contributed by atoms with Gasteiger partial charge in [0, 0.05) is 12.5 Å². The number of carbonyl (C=O) groups excluding carboxylic acids is 1. The van der Waals surface area contributed by atoms with Gasteiger partial charge in [0.2, 0.25) is 5.91 Å². The average Bonchev–Trinajstić information content (AvgIpc) is 3.10. The second kappa shape index (κ2) is 9.44. The number of hydrogen-bond acceptors (Lipinski definition) is 3. The molecule has 0 bridgehead atoms. The molecule has 0 aromatic heterocycles. The summed E-state index contributed by atoms with van der Waals surface area (Å²) in [6.45, 7) is 1.14. The summed E-state index contributed by atoms with van der Waals surface area (Å²) in [6, 6.07) is 17.5. The highest BCUT2D eigenvalue weighted by Crippen LogP contribution is 2.31. The van der Waals surface area contributed by atoms with Crippen molar-refractivity contribution in [3.05, 3.63) is 60.2 Å². The molecule has 1 amide bonds. The van der Waals surface area contributed by atoms with Gasteiger partial charge in [0.25, 0.3) is 0 Å². The van der Waals surface area contributed by atoms with Crippen LogP contribution in [-0.4, -0.2) is 12.5 Å². The van der Waals surface area contributed by atoms with Gasteiger partial charge >= 0.3 is 0 Å². The Morgan fingerprint density at radius 1 is 1.04 bits per heavy atom. The van der Waals surface area contributed by atoms with Gasteiger partial charge in [0.1, 0.15) is 11.5 Å². The van der Waals surface area contributed by atoms with Gasteiger partial charge in [-0.05, 0) is 55.1 Å². The fourth-order valence-corrected chi connectivity index (χ4v) is 3.28. The van der Waals surface area contributed by atoms with Crippen LogP contribution >= 0.6 is 12.4 Å². The molecule has 25 heavy (non-hydrogen) atoms. The highest BCUT2D eigenvalue weighted by atomic mass is 35.5. The van der Waals surface area contributed by atoms with Crippen LogP contribution < -0.4 is 15.8 Å². The van der Waals surface area contributed by atoms with Crippen LogP contribution in [0.2, 0.25) is 0 Å². The standard InChI is InChI=1S/C20H24N2O2.ClH/c21-13-16-5-4-8-19(16)20(23)22-14-15-9-11-18(12-10-15)24-17-6-2-1-3-7-17;/h1-3,6-7,9-12,16,19H,4-5,8,13-14,21H2,(H,22,23);1H/t16-,19-;/m1./s1. The summed E-state index contributed by atoms with van der Waals surface area (Å²) in [5.41, 5.74) is 6.82. The fourth-order valence-electron chi connectivity index (χ4n) is 3.28. The summed E-state index contributed by atoms with van der Waals surface area (Å²) in [5.74, 6) is 2.15. The van der Waals surface area contributed by atoms with Crippen LogP contribution in [0.4, 0.5) is 0 Å². The van der Waals surface area contributed by atoms with Gasteiger partial charge in [-0.3, -0.25) is 4.79 Å². The van der Waals surface area contributed by atoms with E-state index >= 15 is 0 Å². The van der Waals surface area contributed by atoms with Crippen LogP contribution in [0.5, 0.6) is 11.5 Å². The average molecular weight is 361 g/mol. The van der Waals surface area contributed by atoms with Crippen molar-refractivity contribution in [2.45, 2.75) is 25.8 Å². The van der Waals surface area contributed by atoms with Crippen molar-refractivity contribution < 1.29 is 9.53 Å². The first-order chi connectivity index (χ1) is 11.8. The Balaban J connectivity index is 0.00000225. The Morgan fingerprint density at radius 2 is 1.72 bits per heavy atom. The van der Waals surface area contributed by atoms with Gasteiger partial charge in [-0.1, -0.05) is 36.8 Å². The maximum Gasteiger partial charge on any atom is 0.223 e. The van der Waals surface area contributed by atoms with E-state index in [1.54, 1.807) is 0 Å². The molecule has 1 aliphatic rings. The maximum atomic E-state index is 12.3. The largest absolute Gasteiger partial charge is 0.457 e. The third kappa shape index (κ3) is 5.21. The van der Waals surface area contributed by atoms with Gasteiger partial charge in [-0.2, -0.15) is 0 Å². The van der Waals surface area contributed by atoms with Crippen molar-refractivity contribution in [2.75, 3.05) is 6.54 Å². The minimum absolute atomic E-state index is 0. The molecule has 0 spiro atoms. The number of nitrogens with two attached hydrogens (primary N) is 1. The molecule has 3 N–H and O–H groups in total. The predicted octanol–water partition coefficient (Wildman–Crippen LogP) is 3.89. The molecule has 134 valence electrons. The molecule has 1 aliphatic carbocycles. The number of ether oxygens (including phenoxy) is 1. The molecule has 0 aliphatic heterocycles. The summed E-state index contributed by atoms with van der Waals surface area (Å²) in [4.78, 5) is 12.3. The summed E-state index contributed by atoms with van der Waals surface area (Å²) >= 11 is 0. The summed E-state index contributed by atoms with van der Waals surface area (Å²) in [7, 11) is 0. The van der Waals surface area contributed by atoms with Crippen molar-refractivity contribution >= 4 is 18.3 Å². The molecule has 4 nitrogen and oxygen atoms in total. The van der Waals surface area contributed by atoms with Crippen molar-refractivity contribution in [3.63, 3.8) is 0 Å². The Kier molecular flexibility index (Phi) is 7.29. The number of hydrogen-bond donors (Lipinski definition) is 2. The van der Waals surface area contributed by atoms with E-state index < -0.39 is 0 Å². The molecule has 2 aromatic carbocycles. The molecule has 1 saturated carbocycles. The quantitative estimate of drug-likeness (QED) is 0.821. The number of benzene rings is 2. The van der Waals surface area contributed by atoms with Crippen molar-refractivity contribution in [1.29, 1.82) is 0 Å². The minimum atomic E-state index is 0. The van der Waals surface area contributed by atoms with E-state index in [2.05, 4.69) is 5.32 Å². The minimum Gasteiger partial charge on any atom is -0.457 e. The zero-order valence-corrected chi connectivity index (χ0v) is 15.0. The molecule has 0 saturated heterocycles. The van der Waals surface area contributed by atoms with Gasteiger partial charge in [0.15, 0.2) is 0 Å². The van der Waals surface area contributed by atoms with Gasteiger partial charge < -0.3 is 15.8 Å². The van der Waals surface area contributed by atoms with Gasteiger partial charge in [0.05, 0.1) is 0 Å². The van der Waals surface area contributed by atoms with Crippen LogP contribution in [0.15, 0.2) is 54.6 Å². The summed E-state index contributed by atoms with van der Waals surface area (Å²) in [5, 5.41) is 3.04. The number of carbonyl (C=O) groups is 1. The smallest absolute Gasteiger partial charge is 0.223 e. The van der Waals surface area contributed by atoms with Gasteiger partial charge in [-0.25, -0.2) is 0 Å². The molecule has 2 atom stereocenters. The number of rotatable bonds is 6. The van der Waals surface area contributed by atoms with E-state index in [-0.39, 0.29) is 24.2 Å². The lowest BCUT2D eigenvalue weighted by molar-refractivity contribution is -0.126. The first-order valence-corrected chi connectivity index (χ1v) is 8.56. The molecule has 2 aromatic rings. The van der Waals surface area contributed by atoms with Crippen LogP contribution in [-0.2, 0) is 11.3 Å². The van der Waals surface area contributed by atoms with E-state index in [1.165, 1.54) is 0 Å². The second-order valence-corrected chi connectivity index (χ2v) is 6.31.